The first-order valence-electron chi connectivity index (χ1n) is 9.91. The molecule has 5 heteroatoms. The van der Waals surface area contributed by atoms with Gasteiger partial charge in [0.2, 0.25) is 11.8 Å². The van der Waals surface area contributed by atoms with E-state index in [9.17, 15) is 9.59 Å². The van der Waals surface area contributed by atoms with Gasteiger partial charge in [-0.1, -0.05) is 32.1 Å². The van der Waals surface area contributed by atoms with Gasteiger partial charge in [-0.25, -0.2) is 0 Å². The van der Waals surface area contributed by atoms with Gasteiger partial charge in [0, 0.05) is 26.1 Å². The van der Waals surface area contributed by atoms with Crippen LogP contribution in [-0.4, -0.2) is 60.5 Å². The Morgan fingerprint density at radius 3 is 2.33 bits per heavy atom. The minimum absolute atomic E-state index is 0.143. The Morgan fingerprint density at radius 2 is 1.58 bits per heavy atom. The molecule has 136 valence electrons. The van der Waals surface area contributed by atoms with E-state index in [1.807, 2.05) is 9.80 Å². The first-order chi connectivity index (χ1) is 11.8. The molecule has 1 aliphatic carbocycles. The summed E-state index contributed by atoms with van der Waals surface area (Å²) in [6.07, 6.45) is 11.1. The van der Waals surface area contributed by atoms with Crippen LogP contribution in [0.25, 0.3) is 0 Å². The highest BCUT2D eigenvalue weighted by Gasteiger charge is 2.35. The molecule has 0 bridgehead atoms. The molecule has 1 saturated carbocycles. The Hall–Kier alpha value is -1.10. The second-order valence-corrected chi connectivity index (χ2v) is 7.58. The minimum Gasteiger partial charge on any atom is -0.378 e. The first kappa shape index (κ1) is 17.7. The van der Waals surface area contributed by atoms with Gasteiger partial charge in [-0.05, 0) is 31.6 Å². The van der Waals surface area contributed by atoms with Crippen LogP contribution in [0.3, 0.4) is 0 Å². The van der Waals surface area contributed by atoms with Crippen molar-refractivity contribution in [3.05, 3.63) is 0 Å². The van der Waals surface area contributed by atoms with Gasteiger partial charge in [-0.15, -0.1) is 0 Å². The smallest absolute Gasteiger partial charge is 0.245 e. The van der Waals surface area contributed by atoms with Crippen molar-refractivity contribution >= 4 is 11.8 Å². The molecule has 0 aromatic carbocycles. The third-order valence-electron chi connectivity index (χ3n) is 5.92. The number of amides is 2. The maximum absolute atomic E-state index is 12.9. The van der Waals surface area contributed by atoms with Crippen molar-refractivity contribution in [2.45, 2.75) is 70.3 Å². The van der Waals surface area contributed by atoms with Crippen LogP contribution >= 0.6 is 0 Å². The van der Waals surface area contributed by atoms with Crippen molar-refractivity contribution in [2.75, 3.05) is 32.8 Å². The standard InChI is InChI=1S/C19H32N2O3/c22-18(10-9-16-6-2-1-3-7-16)21-11-5-4-8-17(21)19(23)20-12-14-24-15-13-20/h16-17H,1-15H2/t17-/m1/s1. The fourth-order valence-electron chi connectivity index (χ4n) is 4.43. The van der Waals surface area contributed by atoms with Gasteiger partial charge < -0.3 is 14.5 Å². The molecule has 0 spiro atoms. The molecular weight excluding hydrogens is 304 g/mol. The largest absolute Gasteiger partial charge is 0.378 e. The highest BCUT2D eigenvalue weighted by atomic mass is 16.5. The number of piperidine rings is 1. The number of ether oxygens (including phenoxy) is 1. The lowest BCUT2D eigenvalue weighted by Gasteiger charge is -2.39. The molecule has 2 saturated heterocycles. The van der Waals surface area contributed by atoms with Gasteiger partial charge in [-0.2, -0.15) is 0 Å². The van der Waals surface area contributed by atoms with Crippen LogP contribution in [0, 0.1) is 5.92 Å². The Bertz CT molecular complexity index is 428. The molecule has 0 radical (unpaired) electrons. The number of carbonyl (C=O) groups excluding carboxylic acids is 2. The predicted molar refractivity (Wildman–Crippen MR) is 92.6 cm³/mol. The molecular formula is C19H32N2O3. The molecule has 0 aromatic rings. The van der Waals surface area contributed by atoms with E-state index >= 15 is 0 Å². The second-order valence-electron chi connectivity index (χ2n) is 7.58. The van der Waals surface area contributed by atoms with Crippen LogP contribution in [-0.2, 0) is 14.3 Å². The van der Waals surface area contributed by atoms with Crippen molar-refractivity contribution in [1.29, 1.82) is 0 Å². The number of nitrogens with zero attached hydrogens (tertiary/aromatic N) is 2. The van der Waals surface area contributed by atoms with Gasteiger partial charge in [0.1, 0.15) is 6.04 Å². The number of hydrogen-bond acceptors (Lipinski definition) is 3. The summed E-state index contributed by atoms with van der Waals surface area (Å²) in [5, 5.41) is 0. The average molecular weight is 336 g/mol. The lowest BCUT2D eigenvalue weighted by Crippen LogP contribution is -2.55. The van der Waals surface area contributed by atoms with Crippen LogP contribution in [0.1, 0.15) is 64.2 Å². The van der Waals surface area contributed by atoms with Crippen molar-refractivity contribution in [1.82, 2.24) is 9.80 Å². The molecule has 3 rings (SSSR count). The molecule has 2 heterocycles. The molecule has 5 nitrogen and oxygen atoms in total. The van der Waals surface area contributed by atoms with Crippen LogP contribution in [0.5, 0.6) is 0 Å². The van der Waals surface area contributed by atoms with Gasteiger partial charge >= 0.3 is 0 Å². The SMILES string of the molecule is O=C([C@H]1CCCCN1C(=O)CCC1CCCCC1)N1CCOCC1. The van der Waals surface area contributed by atoms with Gasteiger partial charge in [0.05, 0.1) is 13.2 Å². The highest BCUT2D eigenvalue weighted by Crippen LogP contribution is 2.28. The quantitative estimate of drug-likeness (QED) is 0.793. The van der Waals surface area contributed by atoms with Crippen LogP contribution < -0.4 is 0 Å². The van der Waals surface area contributed by atoms with Gasteiger partial charge in [0.25, 0.3) is 0 Å². The van der Waals surface area contributed by atoms with E-state index in [-0.39, 0.29) is 17.9 Å². The lowest BCUT2D eigenvalue weighted by molar-refractivity contribution is -0.150. The molecule has 3 fully saturated rings. The van der Waals surface area contributed by atoms with E-state index < -0.39 is 0 Å². The van der Waals surface area contributed by atoms with Crippen LogP contribution in [0.2, 0.25) is 0 Å². The summed E-state index contributed by atoms with van der Waals surface area (Å²) >= 11 is 0. The van der Waals surface area contributed by atoms with Crippen molar-refractivity contribution in [2.24, 2.45) is 5.92 Å². The molecule has 2 aliphatic heterocycles. The number of carbonyl (C=O) groups is 2. The number of hydrogen-bond donors (Lipinski definition) is 0. The third kappa shape index (κ3) is 4.50. The first-order valence-corrected chi connectivity index (χ1v) is 9.91. The van der Waals surface area contributed by atoms with Crippen molar-refractivity contribution < 1.29 is 14.3 Å². The minimum atomic E-state index is -0.226. The molecule has 24 heavy (non-hydrogen) atoms. The Balaban J connectivity index is 1.54. The molecule has 3 aliphatic rings. The zero-order valence-corrected chi connectivity index (χ0v) is 14.9. The zero-order chi connectivity index (χ0) is 16.8. The maximum atomic E-state index is 12.9. The Morgan fingerprint density at radius 1 is 0.875 bits per heavy atom. The van der Waals surface area contributed by atoms with Gasteiger partial charge in [-0.3, -0.25) is 9.59 Å². The third-order valence-corrected chi connectivity index (χ3v) is 5.92. The van der Waals surface area contributed by atoms with E-state index in [0.29, 0.717) is 32.7 Å². The Labute approximate surface area is 145 Å². The normalized spacial score (nSPS) is 26.4. The maximum Gasteiger partial charge on any atom is 0.245 e. The zero-order valence-electron chi connectivity index (χ0n) is 14.9. The number of rotatable bonds is 4. The van der Waals surface area contributed by atoms with Crippen molar-refractivity contribution in [3.8, 4) is 0 Å². The van der Waals surface area contributed by atoms with Crippen molar-refractivity contribution in [3.63, 3.8) is 0 Å². The summed E-state index contributed by atoms with van der Waals surface area (Å²) in [7, 11) is 0. The summed E-state index contributed by atoms with van der Waals surface area (Å²) in [4.78, 5) is 29.4. The van der Waals surface area contributed by atoms with Gasteiger partial charge in [0.15, 0.2) is 0 Å². The lowest BCUT2D eigenvalue weighted by atomic mass is 9.86. The van der Waals surface area contributed by atoms with E-state index in [1.165, 1.54) is 32.1 Å². The number of morpholine rings is 1. The summed E-state index contributed by atoms with van der Waals surface area (Å²) < 4.78 is 5.34. The fourth-order valence-corrected chi connectivity index (χ4v) is 4.43. The van der Waals surface area contributed by atoms with Crippen LogP contribution in [0.15, 0.2) is 0 Å². The summed E-state index contributed by atoms with van der Waals surface area (Å²) in [6.45, 7) is 3.32. The van der Waals surface area contributed by atoms with E-state index in [2.05, 4.69) is 0 Å². The average Bonchev–Trinajstić information content (AvgIpc) is 2.67. The summed E-state index contributed by atoms with van der Waals surface area (Å²) in [5.74, 6) is 1.07. The molecule has 1 atom stereocenters. The fraction of sp³-hybridized carbons (Fsp3) is 0.895. The Kier molecular flexibility index (Phi) is 6.52. The van der Waals surface area contributed by atoms with E-state index in [0.717, 1.165) is 38.1 Å². The highest BCUT2D eigenvalue weighted by molar-refractivity contribution is 5.88. The van der Waals surface area contributed by atoms with Crippen LogP contribution in [0.4, 0.5) is 0 Å². The van der Waals surface area contributed by atoms with E-state index in [4.69, 9.17) is 4.74 Å². The predicted octanol–water partition coefficient (Wildman–Crippen LogP) is 2.59. The molecule has 2 amide bonds. The topological polar surface area (TPSA) is 49.9 Å². The summed E-state index contributed by atoms with van der Waals surface area (Å²) in [6, 6.07) is -0.226. The summed E-state index contributed by atoms with van der Waals surface area (Å²) in [5.41, 5.74) is 0. The second kappa shape index (κ2) is 8.84. The molecule has 0 aromatic heterocycles. The monoisotopic (exact) mass is 336 g/mol. The number of likely N-dealkylation sites (tertiary alicyclic amines) is 1. The molecule has 0 N–H and O–H groups in total. The van der Waals surface area contributed by atoms with E-state index in [1.54, 1.807) is 0 Å². The molecule has 0 unspecified atom stereocenters.